The fourth-order valence-corrected chi connectivity index (χ4v) is 10.2. The second-order valence-corrected chi connectivity index (χ2v) is 18.7. The molecule has 14 nitrogen and oxygen atoms in total. The Morgan fingerprint density at radius 1 is 0.967 bits per heavy atom. The molecule has 0 bridgehead atoms. The van der Waals surface area contributed by atoms with E-state index in [0.717, 1.165) is 93.4 Å². The molecule has 16 heteroatoms. The van der Waals surface area contributed by atoms with Crippen LogP contribution < -0.4 is 25.4 Å². The van der Waals surface area contributed by atoms with E-state index in [1.165, 1.54) is 22.5 Å². The van der Waals surface area contributed by atoms with Gasteiger partial charge in [-0.1, -0.05) is 41.1 Å². The van der Waals surface area contributed by atoms with Crippen molar-refractivity contribution in [1.82, 2.24) is 24.5 Å². The number of nitrogens with one attached hydrogen (secondary N) is 3. The fourth-order valence-electron chi connectivity index (χ4n) is 8.47. The molecule has 2 saturated heterocycles. The minimum Gasteiger partial charge on any atom is -0.455 e. The van der Waals surface area contributed by atoms with Crippen molar-refractivity contribution in [3.05, 3.63) is 124 Å². The van der Waals surface area contributed by atoms with Crippen LogP contribution in [-0.4, -0.2) is 99.2 Å². The minimum absolute atomic E-state index is 0.0454. The Labute approximate surface area is 360 Å². The van der Waals surface area contributed by atoms with Crippen molar-refractivity contribution >= 4 is 62.0 Å². The van der Waals surface area contributed by atoms with Crippen LogP contribution >= 0.6 is 22.1 Å². The van der Waals surface area contributed by atoms with Gasteiger partial charge in [0, 0.05) is 94.5 Å². The SMILES string of the molecule is [NH3+]c1cc(S(O)(O)NC(=O)c2ccc(N3CCN(C[C@H]4Cc5ccccc5CN4C(=O)c4cccs4)CC3)cc2Oc2cnc3[nH]ccc3c2)ccc1NCC1CCOCC1. The Hall–Kier alpha value is -5.46. The smallest absolute Gasteiger partial charge is 0.273 e. The summed E-state index contributed by atoms with van der Waals surface area (Å²) in [4.78, 5) is 42.9. The van der Waals surface area contributed by atoms with E-state index in [2.05, 4.69) is 53.7 Å². The number of anilines is 2. The van der Waals surface area contributed by atoms with E-state index in [1.54, 1.807) is 36.7 Å². The number of carbonyl (C=O) groups excluding carboxylic acids is 2. The number of H-pyrrole nitrogens is 1. The molecule has 0 saturated carbocycles. The Morgan fingerprint density at radius 2 is 1.79 bits per heavy atom. The molecule has 318 valence electrons. The van der Waals surface area contributed by atoms with Gasteiger partial charge in [-0.25, -0.2) is 9.71 Å². The minimum atomic E-state index is -3.78. The Bertz CT molecular complexity index is 2500. The van der Waals surface area contributed by atoms with Gasteiger partial charge in [-0.3, -0.25) is 23.6 Å². The number of hydrogen-bond acceptors (Lipinski definition) is 11. The van der Waals surface area contributed by atoms with Crippen molar-refractivity contribution in [2.24, 2.45) is 5.92 Å². The number of amides is 2. The molecule has 0 spiro atoms. The van der Waals surface area contributed by atoms with E-state index in [-0.39, 0.29) is 28.2 Å². The normalized spacial score (nSPS) is 17.9. The predicted octanol–water partition coefficient (Wildman–Crippen LogP) is 6.97. The van der Waals surface area contributed by atoms with Gasteiger partial charge in [0.25, 0.3) is 11.8 Å². The molecule has 3 aliphatic heterocycles. The molecule has 0 aliphatic carbocycles. The molecule has 6 aromatic rings. The van der Waals surface area contributed by atoms with Crippen LogP contribution in [0.5, 0.6) is 11.5 Å². The number of benzene rings is 3. The molecule has 3 aromatic heterocycles. The lowest BCUT2D eigenvalue weighted by Crippen LogP contribution is -2.54. The average Bonchev–Trinajstić information content (AvgIpc) is 3.99. The highest BCUT2D eigenvalue weighted by molar-refractivity contribution is 8.23. The van der Waals surface area contributed by atoms with Crippen LogP contribution in [-0.2, 0) is 17.7 Å². The first kappa shape index (κ1) is 40.9. The van der Waals surface area contributed by atoms with Crippen molar-refractivity contribution in [1.29, 1.82) is 0 Å². The van der Waals surface area contributed by atoms with Gasteiger partial charge < -0.3 is 35.3 Å². The van der Waals surface area contributed by atoms with Crippen LogP contribution in [0.3, 0.4) is 0 Å². The number of rotatable bonds is 12. The second-order valence-electron chi connectivity index (χ2n) is 15.9. The first-order chi connectivity index (χ1) is 29.7. The Morgan fingerprint density at radius 3 is 2.57 bits per heavy atom. The third kappa shape index (κ3) is 9.26. The summed E-state index contributed by atoms with van der Waals surface area (Å²) in [6, 6.07) is 26.3. The van der Waals surface area contributed by atoms with Gasteiger partial charge in [-0.15, -0.1) is 11.3 Å². The van der Waals surface area contributed by atoms with Gasteiger partial charge in [0.05, 0.1) is 27.2 Å². The number of aromatic nitrogens is 2. The molecule has 8 N–H and O–H groups in total. The third-order valence-electron chi connectivity index (χ3n) is 11.9. The Balaban J connectivity index is 0.902. The van der Waals surface area contributed by atoms with Gasteiger partial charge in [0.2, 0.25) is 0 Å². The maximum Gasteiger partial charge on any atom is 0.273 e. The van der Waals surface area contributed by atoms with Crippen molar-refractivity contribution in [3.63, 3.8) is 0 Å². The quantitative estimate of drug-likeness (QED) is 0.0752. The summed E-state index contributed by atoms with van der Waals surface area (Å²) in [5.74, 6) is 0.544. The number of aromatic amines is 1. The highest BCUT2D eigenvalue weighted by Crippen LogP contribution is 2.46. The fraction of sp³-hybridized carbons (Fsp3) is 0.311. The summed E-state index contributed by atoms with van der Waals surface area (Å²) >= 11 is 1.48. The van der Waals surface area contributed by atoms with Crippen LogP contribution in [0.4, 0.5) is 17.1 Å². The maximum atomic E-state index is 14.0. The number of quaternary nitrogens is 1. The highest BCUT2D eigenvalue weighted by atomic mass is 32.3. The van der Waals surface area contributed by atoms with Gasteiger partial charge in [0.15, 0.2) is 5.69 Å². The van der Waals surface area contributed by atoms with Crippen molar-refractivity contribution in [2.45, 2.75) is 36.7 Å². The van der Waals surface area contributed by atoms with Crippen LogP contribution in [0.1, 0.15) is 44.0 Å². The van der Waals surface area contributed by atoms with Crippen molar-refractivity contribution in [2.75, 3.05) is 62.7 Å². The molecule has 0 radical (unpaired) electrons. The van der Waals surface area contributed by atoms with E-state index in [4.69, 9.17) is 9.47 Å². The molecular formula is C45H51N8O6S2+. The number of pyridine rings is 1. The zero-order chi connectivity index (χ0) is 41.9. The number of nitrogens with zero attached hydrogens (tertiary/aromatic N) is 4. The predicted molar refractivity (Wildman–Crippen MR) is 239 cm³/mol. The summed E-state index contributed by atoms with van der Waals surface area (Å²) < 4.78 is 37.0. The molecule has 0 unspecified atom stereocenters. The number of fused-ring (bicyclic) bond motifs is 2. The zero-order valence-electron chi connectivity index (χ0n) is 33.8. The van der Waals surface area contributed by atoms with E-state index in [9.17, 15) is 18.7 Å². The lowest BCUT2D eigenvalue weighted by atomic mass is 9.93. The summed E-state index contributed by atoms with van der Waals surface area (Å²) in [6.07, 6.45) is 6.16. The Kier molecular flexibility index (Phi) is 12.0. The van der Waals surface area contributed by atoms with E-state index in [0.29, 0.717) is 29.5 Å². The molecular weight excluding hydrogens is 813 g/mol. The standard InChI is InChI=1S/C45H50N8O6S2/c46-39-25-37(8-10-40(39)48-26-30-12-19-58-20-13-30)61(56,57)50-44(54)38-9-7-34(24-41(38)59-36-23-32-11-14-47-43(32)49-27-36)52-17-15-51(16-18-52)29-35-22-31-4-1-2-5-33(31)28-53(35)45(55)42-6-3-21-60-42/h1-11,14,21,23-25,27,30,35,48,56-57H,12-13,15-20,22,26,28-29,46H2,(H,47,49)(H,50,54)/p+1/t35-/m1/s1. The molecule has 1 atom stereocenters. The molecule has 3 aromatic carbocycles. The molecule has 9 rings (SSSR count). The van der Waals surface area contributed by atoms with Crippen LogP contribution in [0.15, 0.2) is 108 Å². The summed E-state index contributed by atoms with van der Waals surface area (Å²) in [7, 11) is -3.78. The number of piperazine rings is 1. The molecule has 61 heavy (non-hydrogen) atoms. The molecule has 3 aliphatic rings. The van der Waals surface area contributed by atoms with Crippen molar-refractivity contribution < 1.29 is 33.9 Å². The van der Waals surface area contributed by atoms with Crippen LogP contribution in [0.2, 0.25) is 0 Å². The molecule has 2 amide bonds. The van der Waals surface area contributed by atoms with Gasteiger partial charge in [-0.2, -0.15) is 0 Å². The maximum absolute atomic E-state index is 14.0. The van der Waals surface area contributed by atoms with Gasteiger partial charge >= 0.3 is 0 Å². The number of ether oxygens (including phenoxy) is 2. The second kappa shape index (κ2) is 17.9. The first-order valence-corrected chi connectivity index (χ1v) is 23.1. The zero-order valence-corrected chi connectivity index (χ0v) is 35.4. The topological polar surface area (TPSA) is 183 Å². The lowest BCUT2D eigenvalue weighted by molar-refractivity contribution is -0.253. The van der Waals surface area contributed by atoms with Gasteiger partial charge in [-0.05, 0) is 84.2 Å². The first-order valence-electron chi connectivity index (χ1n) is 20.7. The van der Waals surface area contributed by atoms with Gasteiger partial charge in [0.1, 0.15) is 17.1 Å². The van der Waals surface area contributed by atoms with Crippen LogP contribution in [0, 0.1) is 5.92 Å². The number of hydrogen-bond donors (Lipinski definition) is 6. The summed E-state index contributed by atoms with van der Waals surface area (Å²) in [6.45, 7) is 6.65. The lowest BCUT2D eigenvalue weighted by Gasteiger charge is -2.42. The van der Waals surface area contributed by atoms with E-state index >= 15 is 0 Å². The number of thiophene rings is 1. The molecule has 2 fully saturated rings. The summed E-state index contributed by atoms with van der Waals surface area (Å²) in [5.41, 5.74) is 9.71. The highest BCUT2D eigenvalue weighted by Gasteiger charge is 2.33. The third-order valence-corrected chi connectivity index (χ3v) is 14.2. The largest absolute Gasteiger partial charge is 0.455 e. The van der Waals surface area contributed by atoms with Crippen molar-refractivity contribution in [3.8, 4) is 11.5 Å². The van der Waals surface area contributed by atoms with Crippen LogP contribution in [0.25, 0.3) is 11.0 Å². The summed E-state index contributed by atoms with van der Waals surface area (Å²) in [5, 5.41) is 6.23. The number of carbonyl (C=O) groups is 2. The monoisotopic (exact) mass is 863 g/mol. The van der Waals surface area contributed by atoms with E-state index < -0.39 is 16.7 Å². The van der Waals surface area contributed by atoms with E-state index in [1.807, 2.05) is 52.7 Å². The average molecular weight is 864 g/mol. The molecule has 6 heterocycles.